The normalized spacial score (nSPS) is 13.4. The third kappa shape index (κ3) is 3.08. The third-order valence-electron chi connectivity index (χ3n) is 6.57. The number of rotatable bonds is 6. The van der Waals surface area contributed by atoms with E-state index in [1.54, 1.807) is 6.20 Å². The van der Waals surface area contributed by atoms with Gasteiger partial charge in [0.15, 0.2) is 0 Å². The molecule has 0 atom stereocenters. The molecule has 1 heteroatoms. The summed E-state index contributed by atoms with van der Waals surface area (Å²) in [5.74, 6) is 0. The van der Waals surface area contributed by atoms with E-state index in [1.165, 1.54) is 33.4 Å². The van der Waals surface area contributed by atoms with Crippen LogP contribution in [-0.4, -0.2) is 0 Å². The summed E-state index contributed by atoms with van der Waals surface area (Å²) in [6.07, 6.45) is 5.86. The Morgan fingerprint density at radius 2 is 1.36 bits per heavy atom. The number of benzene rings is 4. The number of allylic oxidation sites excluding steroid dienone is 3. The lowest BCUT2D eigenvalue weighted by molar-refractivity contribution is 0.768. The Bertz CT molecular complexity index is 1320. The molecule has 0 aliphatic heterocycles. The maximum absolute atomic E-state index is 4.44. The maximum Gasteiger partial charge on any atom is 0.0713 e. The van der Waals surface area contributed by atoms with Crippen molar-refractivity contribution in [2.24, 2.45) is 0 Å². The molecule has 1 aliphatic rings. The number of nitrogens with one attached hydrogen (secondary N) is 1. The zero-order valence-electron chi connectivity index (χ0n) is 18.9. The van der Waals surface area contributed by atoms with E-state index >= 15 is 0 Å². The van der Waals surface area contributed by atoms with Crippen LogP contribution in [0.25, 0.3) is 16.7 Å². The molecule has 0 fully saturated rings. The first-order valence-electron chi connectivity index (χ1n) is 11.3. The molecular formula is C32H27N. The molecule has 33 heavy (non-hydrogen) atoms. The lowest BCUT2D eigenvalue weighted by Gasteiger charge is -2.34. The van der Waals surface area contributed by atoms with Gasteiger partial charge in [0.25, 0.3) is 0 Å². The lowest BCUT2D eigenvalue weighted by Crippen LogP contribution is -2.28. The van der Waals surface area contributed by atoms with E-state index in [1.807, 2.05) is 13.0 Å². The van der Waals surface area contributed by atoms with Gasteiger partial charge >= 0.3 is 0 Å². The minimum Gasteiger partial charge on any atom is -0.362 e. The Kier molecular flexibility index (Phi) is 5.32. The summed E-state index contributed by atoms with van der Waals surface area (Å²) in [6, 6.07) is 34.9. The van der Waals surface area contributed by atoms with E-state index in [-0.39, 0.29) is 0 Å². The Balaban J connectivity index is 1.98. The smallest absolute Gasteiger partial charge is 0.0713 e. The van der Waals surface area contributed by atoms with Gasteiger partial charge in [-0.15, -0.1) is 0 Å². The van der Waals surface area contributed by atoms with Crippen molar-refractivity contribution < 1.29 is 0 Å². The SMILES string of the molecule is C=CNc1ccc2c(c1C(=C)/C=C\C)-c1ccccc1C2(c1ccccc1)c1ccccc1. The second-order valence-electron chi connectivity index (χ2n) is 8.31. The quantitative estimate of drug-likeness (QED) is 0.270. The Morgan fingerprint density at radius 1 is 0.758 bits per heavy atom. The molecule has 5 rings (SSSR count). The van der Waals surface area contributed by atoms with Crippen molar-refractivity contribution >= 4 is 11.3 Å². The Hall–Kier alpha value is -4.10. The van der Waals surface area contributed by atoms with E-state index in [4.69, 9.17) is 0 Å². The van der Waals surface area contributed by atoms with Gasteiger partial charge in [0.2, 0.25) is 0 Å². The van der Waals surface area contributed by atoms with Gasteiger partial charge in [-0.2, -0.15) is 0 Å². The van der Waals surface area contributed by atoms with E-state index in [0.717, 1.165) is 16.8 Å². The standard InChI is InChI=1S/C32H27N/c1-4-14-23(3)30-29(33-5-2)22-21-28-31(30)26-19-12-13-20-27(26)32(28,24-15-8-6-9-16-24)25-17-10-7-11-18-25/h4-22,33H,2-3H2,1H3/b14-4-. The first-order chi connectivity index (χ1) is 16.2. The number of fused-ring (bicyclic) bond motifs is 3. The van der Waals surface area contributed by atoms with E-state index in [2.05, 4.69) is 122 Å². The zero-order valence-corrected chi connectivity index (χ0v) is 18.9. The molecular weight excluding hydrogens is 398 g/mol. The topological polar surface area (TPSA) is 12.0 Å². The molecule has 0 heterocycles. The predicted octanol–water partition coefficient (Wildman–Crippen LogP) is 8.19. The van der Waals surface area contributed by atoms with Crippen molar-refractivity contribution in [3.05, 3.63) is 156 Å². The van der Waals surface area contributed by atoms with E-state index < -0.39 is 5.41 Å². The number of hydrogen-bond donors (Lipinski definition) is 1. The third-order valence-corrected chi connectivity index (χ3v) is 6.57. The highest BCUT2D eigenvalue weighted by Gasteiger charge is 2.47. The zero-order chi connectivity index (χ0) is 22.8. The van der Waals surface area contributed by atoms with Crippen LogP contribution in [0.2, 0.25) is 0 Å². The van der Waals surface area contributed by atoms with Crippen LogP contribution in [0.5, 0.6) is 0 Å². The van der Waals surface area contributed by atoms with E-state index in [0.29, 0.717) is 0 Å². The van der Waals surface area contributed by atoms with Crippen molar-refractivity contribution in [3.8, 4) is 11.1 Å². The van der Waals surface area contributed by atoms with Crippen LogP contribution < -0.4 is 5.32 Å². The van der Waals surface area contributed by atoms with Crippen molar-refractivity contribution in [2.45, 2.75) is 12.3 Å². The molecule has 0 aromatic heterocycles. The Labute approximate surface area is 196 Å². The number of anilines is 1. The molecule has 1 nitrogen and oxygen atoms in total. The van der Waals surface area contributed by atoms with Crippen LogP contribution in [0.4, 0.5) is 5.69 Å². The lowest BCUT2D eigenvalue weighted by atomic mass is 9.67. The monoisotopic (exact) mass is 425 g/mol. The highest BCUT2D eigenvalue weighted by atomic mass is 14.8. The molecule has 0 spiro atoms. The molecule has 4 aromatic rings. The molecule has 0 saturated carbocycles. The summed E-state index contributed by atoms with van der Waals surface area (Å²) < 4.78 is 0. The van der Waals surface area contributed by atoms with Crippen LogP contribution in [0.15, 0.2) is 129 Å². The maximum atomic E-state index is 4.44. The molecule has 1 aliphatic carbocycles. The molecule has 0 amide bonds. The second-order valence-corrected chi connectivity index (χ2v) is 8.31. The van der Waals surface area contributed by atoms with Crippen molar-refractivity contribution in [1.82, 2.24) is 0 Å². The second kappa shape index (κ2) is 8.44. The van der Waals surface area contributed by atoms with Crippen molar-refractivity contribution in [3.63, 3.8) is 0 Å². The van der Waals surface area contributed by atoms with Gasteiger partial charge in [-0.1, -0.05) is 116 Å². The number of hydrogen-bond acceptors (Lipinski definition) is 1. The highest BCUT2D eigenvalue weighted by Crippen LogP contribution is 2.58. The van der Waals surface area contributed by atoms with Crippen LogP contribution in [0.1, 0.15) is 34.7 Å². The predicted molar refractivity (Wildman–Crippen MR) is 141 cm³/mol. The summed E-state index contributed by atoms with van der Waals surface area (Å²) in [7, 11) is 0. The van der Waals surface area contributed by atoms with E-state index in [9.17, 15) is 0 Å². The minimum atomic E-state index is -0.411. The van der Waals surface area contributed by atoms with Crippen LogP contribution in [0, 0.1) is 0 Å². The van der Waals surface area contributed by atoms with Crippen LogP contribution in [0.3, 0.4) is 0 Å². The summed E-state index contributed by atoms with van der Waals surface area (Å²) in [4.78, 5) is 0. The largest absolute Gasteiger partial charge is 0.362 e. The molecule has 0 radical (unpaired) electrons. The van der Waals surface area contributed by atoms with Gasteiger partial charge in [-0.05, 0) is 58.1 Å². The fourth-order valence-electron chi connectivity index (χ4n) is 5.38. The van der Waals surface area contributed by atoms with Crippen molar-refractivity contribution in [2.75, 3.05) is 5.32 Å². The summed E-state index contributed by atoms with van der Waals surface area (Å²) in [5.41, 5.74) is 10.3. The fraction of sp³-hybridized carbons (Fsp3) is 0.0625. The highest BCUT2D eigenvalue weighted by molar-refractivity contribution is 5.99. The summed E-state index contributed by atoms with van der Waals surface area (Å²) in [5, 5.41) is 3.35. The molecule has 160 valence electrons. The first kappa shape index (κ1) is 20.8. The van der Waals surface area contributed by atoms with Gasteiger partial charge in [0.1, 0.15) is 0 Å². The summed E-state index contributed by atoms with van der Waals surface area (Å²) >= 11 is 0. The van der Waals surface area contributed by atoms with Crippen molar-refractivity contribution in [1.29, 1.82) is 0 Å². The average Bonchev–Trinajstić information content (AvgIpc) is 3.16. The van der Waals surface area contributed by atoms with Gasteiger partial charge < -0.3 is 5.32 Å². The van der Waals surface area contributed by atoms with Gasteiger partial charge in [-0.3, -0.25) is 0 Å². The van der Waals surface area contributed by atoms with Gasteiger partial charge in [0, 0.05) is 11.3 Å². The fourth-order valence-corrected chi connectivity index (χ4v) is 5.38. The Morgan fingerprint density at radius 3 is 1.97 bits per heavy atom. The van der Waals surface area contributed by atoms with Crippen LogP contribution >= 0.6 is 0 Å². The first-order valence-corrected chi connectivity index (χ1v) is 11.3. The van der Waals surface area contributed by atoms with Crippen LogP contribution in [-0.2, 0) is 5.41 Å². The molecule has 1 N–H and O–H groups in total. The van der Waals surface area contributed by atoms with Gasteiger partial charge in [0.05, 0.1) is 5.41 Å². The molecule has 0 unspecified atom stereocenters. The minimum absolute atomic E-state index is 0.411. The molecule has 0 saturated heterocycles. The molecule has 0 bridgehead atoms. The summed E-state index contributed by atoms with van der Waals surface area (Å²) in [6.45, 7) is 10.4. The average molecular weight is 426 g/mol. The molecule has 4 aromatic carbocycles. The van der Waals surface area contributed by atoms with Gasteiger partial charge in [-0.25, -0.2) is 0 Å².